The van der Waals surface area contributed by atoms with Crippen LogP contribution in [-0.4, -0.2) is 16.0 Å². The highest BCUT2D eigenvalue weighted by molar-refractivity contribution is 5.52. The molecule has 3 rings (SSSR count). The molecular formula is C20H30O3. The van der Waals surface area contributed by atoms with Crippen molar-refractivity contribution in [3.05, 3.63) is 23.3 Å². The molecule has 3 nitrogen and oxygen atoms in total. The second kappa shape index (κ2) is 5.70. The van der Waals surface area contributed by atoms with Gasteiger partial charge in [-0.1, -0.05) is 40.5 Å². The first-order chi connectivity index (χ1) is 10.8. The van der Waals surface area contributed by atoms with Crippen LogP contribution in [0.3, 0.4) is 0 Å². The molecule has 1 unspecified atom stereocenters. The maximum Gasteiger partial charge on any atom is 0.211 e. The SMILES string of the molecule is CCCCCc1cc(O)c2c(c1)O[C@]1(O)CCC(C)(C)C2[C@H]1C. The molecule has 3 atom stereocenters. The number of benzene rings is 1. The fourth-order valence-electron chi connectivity index (χ4n) is 4.58. The minimum Gasteiger partial charge on any atom is -0.508 e. The van der Waals surface area contributed by atoms with Crippen molar-refractivity contribution in [1.29, 1.82) is 0 Å². The van der Waals surface area contributed by atoms with Crippen molar-refractivity contribution < 1.29 is 14.9 Å². The van der Waals surface area contributed by atoms with E-state index >= 15 is 0 Å². The number of aryl methyl sites for hydroxylation is 1. The van der Waals surface area contributed by atoms with Crippen LogP contribution in [0.1, 0.15) is 76.8 Å². The van der Waals surface area contributed by atoms with Crippen LogP contribution in [0.15, 0.2) is 12.1 Å². The van der Waals surface area contributed by atoms with Gasteiger partial charge < -0.3 is 14.9 Å². The minimum absolute atomic E-state index is 0.0180. The van der Waals surface area contributed by atoms with Gasteiger partial charge in [0.25, 0.3) is 0 Å². The van der Waals surface area contributed by atoms with E-state index in [0.717, 1.165) is 30.4 Å². The van der Waals surface area contributed by atoms with Gasteiger partial charge >= 0.3 is 0 Å². The smallest absolute Gasteiger partial charge is 0.211 e. The van der Waals surface area contributed by atoms with Gasteiger partial charge in [0.15, 0.2) is 0 Å². The summed E-state index contributed by atoms with van der Waals surface area (Å²) in [5, 5.41) is 21.6. The molecule has 1 aromatic carbocycles. The predicted molar refractivity (Wildman–Crippen MR) is 91.8 cm³/mol. The largest absolute Gasteiger partial charge is 0.508 e. The number of ether oxygens (including phenoxy) is 1. The molecule has 1 aliphatic carbocycles. The molecule has 2 bridgehead atoms. The number of rotatable bonds is 4. The molecule has 2 N–H and O–H groups in total. The zero-order chi connectivity index (χ0) is 16.8. The average Bonchev–Trinajstić information content (AvgIpc) is 2.46. The number of hydrogen-bond donors (Lipinski definition) is 2. The second-order valence-electron chi connectivity index (χ2n) is 8.19. The van der Waals surface area contributed by atoms with Gasteiger partial charge in [-0.25, -0.2) is 0 Å². The van der Waals surface area contributed by atoms with Crippen LogP contribution in [0.25, 0.3) is 0 Å². The molecule has 1 fully saturated rings. The molecule has 1 heterocycles. The Morgan fingerprint density at radius 2 is 1.96 bits per heavy atom. The van der Waals surface area contributed by atoms with Crippen molar-refractivity contribution in [2.75, 3.05) is 0 Å². The Labute approximate surface area is 139 Å². The number of phenols is 1. The summed E-state index contributed by atoms with van der Waals surface area (Å²) in [6, 6.07) is 3.94. The summed E-state index contributed by atoms with van der Waals surface area (Å²) < 4.78 is 6.02. The molecule has 1 aliphatic heterocycles. The highest BCUT2D eigenvalue weighted by atomic mass is 16.6. The van der Waals surface area contributed by atoms with Gasteiger partial charge in [-0.3, -0.25) is 0 Å². The van der Waals surface area contributed by atoms with Gasteiger partial charge in [-0.15, -0.1) is 0 Å². The molecule has 1 saturated carbocycles. The van der Waals surface area contributed by atoms with E-state index in [1.54, 1.807) is 0 Å². The first-order valence-electron chi connectivity index (χ1n) is 9.05. The summed E-state index contributed by atoms with van der Waals surface area (Å²) in [6.07, 6.45) is 5.98. The van der Waals surface area contributed by atoms with Crippen LogP contribution in [0.5, 0.6) is 11.5 Å². The lowest BCUT2D eigenvalue weighted by Gasteiger charge is -2.54. The van der Waals surface area contributed by atoms with Gasteiger partial charge in [0.2, 0.25) is 5.79 Å². The monoisotopic (exact) mass is 318 g/mol. The Morgan fingerprint density at radius 1 is 1.22 bits per heavy atom. The molecule has 0 spiro atoms. The molecule has 2 aliphatic rings. The summed E-state index contributed by atoms with van der Waals surface area (Å²) in [5.41, 5.74) is 2.04. The summed E-state index contributed by atoms with van der Waals surface area (Å²) in [6.45, 7) is 8.70. The lowest BCUT2D eigenvalue weighted by atomic mass is 9.58. The minimum atomic E-state index is -1.10. The number of aliphatic hydroxyl groups is 1. The highest BCUT2D eigenvalue weighted by Crippen LogP contribution is 2.60. The Morgan fingerprint density at radius 3 is 2.65 bits per heavy atom. The number of unbranched alkanes of at least 4 members (excludes halogenated alkanes) is 2. The van der Waals surface area contributed by atoms with Crippen LogP contribution in [0.2, 0.25) is 0 Å². The molecule has 1 aromatic rings. The molecule has 0 aromatic heterocycles. The molecule has 0 radical (unpaired) electrons. The number of fused-ring (bicyclic) bond motifs is 4. The molecular weight excluding hydrogens is 288 g/mol. The van der Waals surface area contributed by atoms with Gasteiger partial charge in [0, 0.05) is 23.8 Å². The summed E-state index contributed by atoms with van der Waals surface area (Å²) in [5.74, 6) is 0.0322. The van der Waals surface area contributed by atoms with Gasteiger partial charge in [0.05, 0.1) is 0 Å². The maximum atomic E-state index is 10.9. The lowest BCUT2D eigenvalue weighted by Crippen LogP contribution is -2.55. The molecule has 23 heavy (non-hydrogen) atoms. The molecule has 3 heteroatoms. The number of hydrogen-bond acceptors (Lipinski definition) is 3. The molecule has 0 saturated heterocycles. The first-order valence-corrected chi connectivity index (χ1v) is 9.05. The van der Waals surface area contributed by atoms with Crippen LogP contribution < -0.4 is 4.74 Å². The number of phenolic OH excluding ortho intramolecular Hbond substituents is 1. The average molecular weight is 318 g/mol. The van der Waals surface area contributed by atoms with Gasteiger partial charge in [0.1, 0.15) is 11.5 Å². The third kappa shape index (κ3) is 2.73. The van der Waals surface area contributed by atoms with Crippen molar-refractivity contribution in [3.63, 3.8) is 0 Å². The summed E-state index contributed by atoms with van der Waals surface area (Å²) in [4.78, 5) is 0. The Balaban J connectivity index is 2.02. The van der Waals surface area contributed by atoms with Crippen LogP contribution in [0.4, 0.5) is 0 Å². The van der Waals surface area contributed by atoms with Crippen molar-refractivity contribution >= 4 is 0 Å². The van der Waals surface area contributed by atoms with E-state index in [9.17, 15) is 10.2 Å². The van der Waals surface area contributed by atoms with E-state index in [0.29, 0.717) is 17.9 Å². The fourth-order valence-corrected chi connectivity index (χ4v) is 4.58. The third-order valence-electron chi connectivity index (χ3n) is 6.03. The van der Waals surface area contributed by atoms with Crippen LogP contribution in [0, 0.1) is 11.3 Å². The van der Waals surface area contributed by atoms with E-state index < -0.39 is 5.79 Å². The molecule has 128 valence electrons. The van der Waals surface area contributed by atoms with E-state index in [2.05, 4.69) is 20.8 Å². The highest BCUT2D eigenvalue weighted by Gasteiger charge is 2.56. The normalized spacial score (nSPS) is 31.3. The second-order valence-corrected chi connectivity index (χ2v) is 8.19. The van der Waals surface area contributed by atoms with Crippen molar-refractivity contribution in [2.24, 2.45) is 11.3 Å². The van der Waals surface area contributed by atoms with Gasteiger partial charge in [-0.05, 0) is 42.4 Å². The van der Waals surface area contributed by atoms with Gasteiger partial charge in [-0.2, -0.15) is 0 Å². The first kappa shape index (κ1) is 16.6. The zero-order valence-electron chi connectivity index (χ0n) is 14.9. The van der Waals surface area contributed by atoms with E-state index in [1.165, 1.54) is 12.8 Å². The van der Waals surface area contributed by atoms with E-state index in [1.807, 2.05) is 19.1 Å². The summed E-state index contributed by atoms with van der Waals surface area (Å²) >= 11 is 0. The lowest BCUT2D eigenvalue weighted by molar-refractivity contribution is -0.225. The summed E-state index contributed by atoms with van der Waals surface area (Å²) in [7, 11) is 0. The fraction of sp³-hybridized carbons (Fsp3) is 0.700. The Hall–Kier alpha value is -1.22. The Bertz CT molecular complexity index is 593. The standard InChI is InChI=1S/C20H30O3/c1-5-6-7-8-14-11-15(21)17-16(12-14)23-20(22)10-9-19(3,4)18(17)13(20)2/h11-13,18,21-22H,5-10H2,1-4H3/t13-,18?,20-/m1/s1. The number of aromatic hydroxyl groups is 1. The van der Waals surface area contributed by atoms with E-state index in [-0.39, 0.29) is 17.3 Å². The van der Waals surface area contributed by atoms with E-state index in [4.69, 9.17) is 4.74 Å². The van der Waals surface area contributed by atoms with Crippen LogP contribution in [-0.2, 0) is 6.42 Å². The topological polar surface area (TPSA) is 49.7 Å². The third-order valence-corrected chi connectivity index (χ3v) is 6.03. The molecule has 0 amide bonds. The predicted octanol–water partition coefficient (Wildman–Crippen LogP) is 4.75. The van der Waals surface area contributed by atoms with Crippen molar-refractivity contribution in [1.82, 2.24) is 0 Å². The van der Waals surface area contributed by atoms with Crippen molar-refractivity contribution in [3.8, 4) is 11.5 Å². The van der Waals surface area contributed by atoms with Crippen LogP contribution >= 0.6 is 0 Å². The quantitative estimate of drug-likeness (QED) is 0.788. The Kier molecular flexibility index (Phi) is 4.12. The maximum absolute atomic E-state index is 10.9. The zero-order valence-corrected chi connectivity index (χ0v) is 14.9. The van der Waals surface area contributed by atoms with Crippen molar-refractivity contribution in [2.45, 2.75) is 77.9 Å².